The molecule has 19 heavy (non-hydrogen) atoms. The van der Waals surface area contributed by atoms with E-state index < -0.39 is 0 Å². The summed E-state index contributed by atoms with van der Waals surface area (Å²) in [5.41, 5.74) is 3.71. The summed E-state index contributed by atoms with van der Waals surface area (Å²) in [7, 11) is 0. The van der Waals surface area contributed by atoms with Crippen LogP contribution >= 0.6 is 12.2 Å². The van der Waals surface area contributed by atoms with Gasteiger partial charge >= 0.3 is 0 Å². The normalized spacial score (nSPS) is 11.1. The number of rotatable bonds is 2. The molecule has 2 rings (SSSR count). The molecule has 0 aliphatic carbocycles. The standard InChI is InChI=1S/C15H17FN2S/c1-8(2)14-17-13(10(4)15(19)18-14)12-6-5-11(16)7-9(12)3/h5-8H,1-4H3,(H,17,18,19). The summed E-state index contributed by atoms with van der Waals surface area (Å²) < 4.78 is 13.8. The molecule has 0 radical (unpaired) electrons. The van der Waals surface area contributed by atoms with Gasteiger partial charge in [0.15, 0.2) is 0 Å². The van der Waals surface area contributed by atoms with Gasteiger partial charge in [-0.3, -0.25) is 0 Å². The van der Waals surface area contributed by atoms with Crippen LogP contribution in [0.15, 0.2) is 18.2 Å². The first kappa shape index (κ1) is 13.9. The second kappa shape index (κ2) is 5.21. The Morgan fingerprint density at radius 3 is 2.53 bits per heavy atom. The first-order valence-corrected chi connectivity index (χ1v) is 6.68. The molecule has 0 bridgehead atoms. The third-order valence-electron chi connectivity index (χ3n) is 3.18. The molecule has 0 atom stereocenters. The van der Waals surface area contributed by atoms with Crippen molar-refractivity contribution in [3.63, 3.8) is 0 Å². The van der Waals surface area contributed by atoms with Crippen molar-refractivity contribution in [2.75, 3.05) is 0 Å². The molecular formula is C15H17FN2S. The average molecular weight is 276 g/mol. The molecule has 0 saturated heterocycles. The van der Waals surface area contributed by atoms with Gasteiger partial charge in [0, 0.05) is 17.0 Å². The number of benzene rings is 1. The lowest BCUT2D eigenvalue weighted by Crippen LogP contribution is -2.03. The zero-order valence-corrected chi connectivity index (χ0v) is 12.4. The predicted molar refractivity (Wildman–Crippen MR) is 78.4 cm³/mol. The van der Waals surface area contributed by atoms with Crippen LogP contribution < -0.4 is 0 Å². The number of hydrogen-bond acceptors (Lipinski definition) is 2. The van der Waals surface area contributed by atoms with Crippen LogP contribution in [0.4, 0.5) is 4.39 Å². The number of nitrogens with zero attached hydrogens (tertiary/aromatic N) is 1. The topological polar surface area (TPSA) is 28.7 Å². The largest absolute Gasteiger partial charge is 0.343 e. The molecule has 0 aliphatic heterocycles. The fourth-order valence-corrected chi connectivity index (χ4v) is 2.20. The monoisotopic (exact) mass is 276 g/mol. The number of aryl methyl sites for hydroxylation is 1. The number of aromatic nitrogens is 2. The average Bonchev–Trinajstić information content (AvgIpc) is 2.33. The Morgan fingerprint density at radius 1 is 1.26 bits per heavy atom. The van der Waals surface area contributed by atoms with E-state index in [9.17, 15) is 4.39 Å². The van der Waals surface area contributed by atoms with Crippen LogP contribution in [0.3, 0.4) is 0 Å². The Balaban J connectivity index is 2.70. The van der Waals surface area contributed by atoms with Crippen molar-refractivity contribution in [3.05, 3.63) is 45.6 Å². The van der Waals surface area contributed by atoms with E-state index in [1.165, 1.54) is 12.1 Å². The minimum atomic E-state index is -0.226. The maximum Gasteiger partial charge on any atom is 0.133 e. The predicted octanol–water partition coefficient (Wildman–Crippen LogP) is 4.69. The second-order valence-corrected chi connectivity index (χ2v) is 5.43. The van der Waals surface area contributed by atoms with Gasteiger partial charge in [-0.05, 0) is 37.6 Å². The highest BCUT2D eigenvalue weighted by molar-refractivity contribution is 7.71. The van der Waals surface area contributed by atoms with Crippen LogP contribution in [0.2, 0.25) is 0 Å². The summed E-state index contributed by atoms with van der Waals surface area (Å²) in [4.78, 5) is 7.72. The minimum Gasteiger partial charge on any atom is -0.343 e. The maximum absolute atomic E-state index is 13.2. The number of H-pyrrole nitrogens is 1. The summed E-state index contributed by atoms with van der Waals surface area (Å²) in [6.45, 7) is 7.95. The zero-order valence-electron chi connectivity index (χ0n) is 11.5. The highest BCUT2D eigenvalue weighted by atomic mass is 32.1. The van der Waals surface area contributed by atoms with Gasteiger partial charge in [0.1, 0.15) is 16.3 Å². The fraction of sp³-hybridized carbons (Fsp3) is 0.333. The molecule has 0 saturated carbocycles. The van der Waals surface area contributed by atoms with Crippen molar-refractivity contribution < 1.29 is 4.39 Å². The first-order valence-electron chi connectivity index (χ1n) is 6.27. The summed E-state index contributed by atoms with van der Waals surface area (Å²) >= 11 is 5.31. The van der Waals surface area contributed by atoms with Crippen LogP contribution in [0, 0.1) is 24.3 Å². The Bertz CT molecular complexity index is 674. The van der Waals surface area contributed by atoms with Gasteiger partial charge in [0.25, 0.3) is 0 Å². The third kappa shape index (κ3) is 2.73. The van der Waals surface area contributed by atoms with E-state index in [-0.39, 0.29) is 11.7 Å². The molecule has 1 heterocycles. The summed E-state index contributed by atoms with van der Waals surface area (Å²) in [6, 6.07) is 4.78. The number of halogens is 1. The molecule has 0 amide bonds. The van der Waals surface area contributed by atoms with Crippen molar-refractivity contribution in [1.82, 2.24) is 9.97 Å². The van der Waals surface area contributed by atoms with Crippen molar-refractivity contribution in [3.8, 4) is 11.3 Å². The molecule has 0 fully saturated rings. The van der Waals surface area contributed by atoms with E-state index in [4.69, 9.17) is 12.2 Å². The molecule has 0 unspecified atom stereocenters. The molecular weight excluding hydrogens is 259 g/mol. The van der Waals surface area contributed by atoms with E-state index in [2.05, 4.69) is 23.8 Å². The Kier molecular flexibility index (Phi) is 3.80. The fourth-order valence-electron chi connectivity index (χ4n) is 2.00. The quantitative estimate of drug-likeness (QED) is 0.806. The SMILES string of the molecule is Cc1cc(F)ccc1-c1[nH]c(C(C)C)nc(=S)c1C. The van der Waals surface area contributed by atoms with Gasteiger partial charge in [0.05, 0.1) is 5.69 Å². The van der Waals surface area contributed by atoms with Gasteiger partial charge in [-0.15, -0.1) is 0 Å². The number of hydrogen-bond donors (Lipinski definition) is 1. The molecule has 2 aromatic rings. The smallest absolute Gasteiger partial charge is 0.133 e. The van der Waals surface area contributed by atoms with Crippen LogP contribution in [-0.4, -0.2) is 9.97 Å². The number of nitrogens with one attached hydrogen (secondary N) is 1. The molecule has 0 spiro atoms. The Hall–Kier alpha value is -1.55. The molecule has 100 valence electrons. The van der Waals surface area contributed by atoms with Crippen molar-refractivity contribution in [2.45, 2.75) is 33.6 Å². The molecule has 2 nitrogen and oxygen atoms in total. The van der Waals surface area contributed by atoms with Gasteiger partial charge in [-0.25, -0.2) is 9.37 Å². The van der Waals surface area contributed by atoms with Gasteiger partial charge < -0.3 is 4.98 Å². The highest BCUT2D eigenvalue weighted by Crippen LogP contribution is 2.26. The Labute approximate surface area is 117 Å². The van der Waals surface area contributed by atoms with Crippen molar-refractivity contribution in [1.29, 1.82) is 0 Å². The summed E-state index contributed by atoms with van der Waals surface area (Å²) in [5.74, 6) is 0.895. The first-order chi connectivity index (χ1) is 8.90. The minimum absolute atomic E-state index is 0.226. The van der Waals surface area contributed by atoms with E-state index in [1.54, 1.807) is 6.07 Å². The lowest BCUT2D eigenvalue weighted by molar-refractivity contribution is 0.627. The lowest BCUT2D eigenvalue weighted by atomic mass is 10.0. The van der Waals surface area contributed by atoms with E-state index in [0.29, 0.717) is 4.64 Å². The third-order valence-corrected chi connectivity index (χ3v) is 3.57. The van der Waals surface area contributed by atoms with Crippen LogP contribution in [0.5, 0.6) is 0 Å². The van der Waals surface area contributed by atoms with Crippen LogP contribution in [-0.2, 0) is 0 Å². The zero-order chi connectivity index (χ0) is 14.2. The molecule has 1 aromatic heterocycles. The van der Waals surface area contributed by atoms with Gasteiger partial charge in [-0.2, -0.15) is 0 Å². The maximum atomic E-state index is 13.2. The van der Waals surface area contributed by atoms with E-state index in [1.807, 2.05) is 13.8 Å². The van der Waals surface area contributed by atoms with Crippen molar-refractivity contribution >= 4 is 12.2 Å². The second-order valence-electron chi connectivity index (χ2n) is 5.04. The molecule has 0 aliphatic rings. The summed E-state index contributed by atoms with van der Waals surface area (Å²) in [6.07, 6.45) is 0. The van der Waals surface area contributed by atoms with Gasteiger partial charge in [0.2, 0.25) is 0 Å². The van der Waals surface area contributed by atoms with Crippen LogP contribution in [0.25, 0.3) is 11.3 Å². The molecule has 1 N–H and O–H groups in total. The van der Waals surface area contributed by atoms with Crippen molar-refractivity contribution in [2.24, 2.45) is 0 Å². The highest BCUT2D eigenvalue weighted by Gasteiger charge is 2.11. The lowest BCUT2D eigenvalue weighted by Gasteiger charge is -2.13. The van der Waals surface area contributed by atoms with Gasteiger partial charge in [-0.1, -0.05) is 26.1 Å². The van der Waals surface area contributed by atoms with Crippen LogP contribution in [0.1, 0.15) is 36.7 Å². The Morgan fingerprint density at radius 2 is 1.95 bits per heavy atom. The molecule has 1 aromatic carbocycles. The molecule has 4 heteroatoms. The van der Waals surface area contributed by atoms with E-state index >= 15 is 0 Å². The van der Waals surface area contributed by atoms with E-state index in [0.717, 1.165) is 28.2 Å². The number of aromatic amines is 1. The summed E-state index contributed by atoms with van der Waals surface area (Å²) in [5, 5.41) is 0.